The van der Waals surface area contributed by atoms with Gasteiger partial charge in [-0.2, -0.15) is 0 Å². The van der Waals surface area contributed by atoms with Gasteiger partial charge in [0.2, 0.25) is 0 Å². The molecule has 2 fully saturated rings. The highest BCUT2D eigenvalue weighted by Crippen LogP contribution is 2.40. The number of ether oxygens (including phenoxy) is 2. The zero-order chi connectivity index (χ0) is 36.2. The van der Waals surface area contributed by atoms with Crippen LogP contribution in [-0.4, -0.2) is 86.7 Å². The maximum absolute atomic E-state index is 13.9. The van der Waals surface area contributed by atoms with Crippen molar-refractivity contribution in [3.63, 3.8) is 0 Å². The highest BCUT2D eigenvalue weighted by Gasteiger charge is 2.31. The summed E-state index contributed by atoms with van der Waals surface area (Å²) in [7, 11) is 2.02. The van der Waals surface area contributed by atoms with Gasteiger partial charge >= 0.3 is 0 Å². The number of likely N-dealkylation sites (tertiary alicyclic amines) is 1. The average Bonchev–Trinajstić information content (AvgIpc) is 3.68. The van der Waals surface area contributed by atoms with E-state index in [2.05, 4.69) is 9.80 Å². The van der Waals surface area contributed by atoms with Crippen molar-refractivity contribution in [1.29, 1.82) is 0 Å². The van der Waals surface area contributed by atoms with Crippen LogP contribution in [-0.2, 0) is 11.5 Å². The van der Waals surface area contributed by atoms with Gasteiger partial charge in [-0.15, -0.1) is 0 Å². The number of nitrogens with zero attached hydrogens (tertiary/aromatic N) is 3. The third kappa shape index (κ3) is 7.78. The van der Waals surface area contributed by atoms with Crippen molar-refractivity contribution < 1.29 is 31.8 Å². The van der Waals surface area contributed by atoms with E-state index in [1.165, 1.54) is 54.8 Å². The summed E-state index contributed by atoms with van der Waals surface area (Å²) in [6, 6.07) is 22.2. The molecule has 4 aliphatic rings. The van der Waals surface area contributed by atoms with E-state index in [1.807, 2.05) is 19.2 Å². The number of alkyl halides is 1. The van der Waals surface area contributed by atoms with Crippen molar-refractivity contribution in [3.8, 4) is 11.5 Å². The molecule has 0 spiro atoms. The quantitative estimate of drug-likeness (QED) is 0.194. The monoisotopic (exact) mass is 711 g/mol. The van der Waals surface area contributed by atoms with Gasteiger partial charge in [0.25, 0.3) is 5.91 Å². The lowest BCUT2D eigenvalue weighted by atomic mass is 9.89. The second kappa shape index (κ2) is 15.8. The number of amides is 1. The molecule has 0 atom stereocenters. The van der Waals surface area contributed by atoms with E-state index in [0.717, 1.165) is 55.2 Å². The Labute approximate surface area is 301 Å². The van der Waals surface area contributed by atoms with Gasteiger partial charge in [-0.1, -0.05) is 30.3 Å². The van der Waals surface area contributed by atoms with Gasteiger partial charge in [-0.3, -0.25) is 9.69 Å². The fourth-order valence-electron chi connectivity index (χ4n) is 7.24. The predicted octanol–water partition coefficient (Wildman–Crippen LogP) is 7.52. The smallest absolute Gasteiger partial charge is 0.253 e. The van der Waals surface area contributed by atoms with Crippen LogP contribution in [0.25, 0.3) is 11.1 Å². The molecule has 8 rings (SSSR count). The number of fused-ring (bicyclic) bond motifs is 2. The summed E-state index contributed by atoms with van der Waals surface area (Å²) in [6.45, 7) is 6.01. The third-order valence-electron chi connectivity index (χ3n) is 10.0. The summed E-state index contributed by atoms with van der Waals surface area (Å²) < 4.78 is 65.6. The van der Waals surface area contributed by atoms with Gasteiger partial charge in [0.05, 0.1) is 5.57 Å². The summed E-state index contributed by atoms with van der Waals surface area (Å²) in [6.07, 6.45) is 2.45. The summed E-state index contributed by atoms with van der Waals surface area (Å²) in [5.74, 6) is 0.142. The van der Waals surface area contributed by atoms with Gasteiger partial charge in [-0.05, 0) is 115 Å². The lowest BCUT2D eigenvalue weighted by Crippen LogP contribution is -2.48. The molecule has 0 bridgehead atoms. The van der Waals surface area contributed by atoms with Crippen LogP contribution in [0.4, 0.5) is 17.6 Å². The highest BCUT2D eigenvalue weighted by molar-refractivity contribution is 6.06. The predicted molar refractivity (Wildman–Crippen MR) is 193 cm³/mol. The zero-order valence-corrected chi connectivity index (χ0v) is 29.1. The molecule has 10 heteroatoms. The Kier molecular flexibility index (Phi) is 10.7. The first-order valence-electron chi connectivity index (χ1n) is 17.7. The number of piperazine rings is 1. The molecule has 4 aliphatic heterocycles. The fourth-order valence-corrected chi connectivity index (χ4v) is 7.24. The number of likely N-dealkylation sites (N-methyl/N-ethyl adjacent to an activating group) is 1. The lowest BCUT2D eigenvalue weighted by Gasteiger charge is -2.34. The van der Waals surface area contributed by atoms with Crippen molar-refractivity contribution >= 4 is 17.1 Å². The molecule has 0 radical (unpaired) electrons. The zero-order valence-electron chi connectivity index (χ0n) is 29.1. The van der Waals surface area contributed by atoms with Crippen LogP contribution in [0.2, 0.25) is 0 Å². The fraction of sp³-hybridized carbons (Fsp3) is 0.310. The third-order valence-corrected chi connectivity index (χ3v) is 10.0. The number of hydrogen-bond acceptors (Lipinski definition) is 5. The molecule has 0 aromatic heterocycles. The second-order valence-corrected chi connectivity index (χ2v) is 13.6. The summed E-state index contributed by atoms with van der Waals surface area (Å²) in [5.41, 5.74) is 7.00. The molecular weight excluding hydrogens is 670 g/mol. The van der Waals surface area contributed by atoms with E-state index in [-0.39, 0.29) is 24.1 Å². The van der Waals surface area contributed by atoms with E-state index in [9.17, 15) is 22.4 Å². The first kappa shape index (κ1) is 35.5. The minimum atomic E-state index is -0.508. The van der Waals surface area contributed by atoms with Gasteiger partial charge in [-0.25, -0.2) is 17.6 Å². The maximum atomic E-state index is 13.9. The number of benzene rings is 4. The summed E-state index contributed by atoms with van der Waals surface area (Å²) in [5, 5.41) is 0. The van der Waals surface area contributed by atoms with E-state index >= 15 is 0 Å². The van der Waals surface area contributed by atoms with Gasteiger partial charge in [0, 0.05) is 49.4 Å². The molecule has 270 valence electrons. The number of hydrogen-bond donors (Lipinski definition) is 0. The van der Waals surface area contributed by atoms with Crippen LogP contribution in [0.1, 0.15) is 40.7 Å². The molecule has 4 heterocycles. The summed E-state index contributed by atoms with van der Waals surface area (Å²) >= 11 is 0. The average molecular weight is 712 g/mol. The van der Waals surface area contributed by atoms with Crippen LogP contribution in [0.3, 0.4) is 0 Å². The van der Waals surface area contributed by atoms with E-state index < -0.39 is 12.5 Å². The van der Waals surface area contributed by atoms with E-state index in [1.54, 1.807) is 41.3 Å². The summed E-state index contributed by atoms with van der Waals surface area (Å²) in [4.78, 5) is 19.6. The normalized spacial score (nSPS) is 17.5. The minimum absolute atomic E-state index is 0.108. The van der Waals surface area contributed by atoms with Crippen LogP contribution in [0, 0.1) is 17.5 Å². The van der Waals surface area contributed by atoms with Crippen LogP contribution in [0.5, 0.6) is 11.5 Å². The molecule has 52 heavy (non-hydrogen) atoms. The molecule has 0 aliphatic carbocycles. The molecule has 0 N–H and O–H groups in total. The van der Waals surface area contributed by atoms with Gasteiger partial charge < -0.3 is 19.3 Å². The Morgan fingerprint density at radius 2 is 1.21 bits per heavy atom. The molecule has 1 amide bonds. The van der Waals surface area contributed by atoms with Crippen LogP contribution < -0.4 is 9.47 Å². The SMILES string of the molecule is CN1CCN(C(=O)C2=C(c3ccc(F)cc3)c3cc(F)ccc3OC2)CC1.FCc1ccc2c(c1)C(c1ccc(F)cc1)=C(CN1CCCC1)CO2. The number of halogens is 4. The first-order chi connectivity index (χ1) is 25.3. The standard InChI is InChI=1S/C21H20F2N2O2.C21H21F2NO/c1-24-8-10-25(11-9-24)21(26)18-13-27-19-7-6-16(23)12-17(19)20(18)14-2-4-15(22)5-3-14;22-12-15-3-8-20-19(11-15)21(16-4-6-18(23)7-5-16)17(14-25-20)13-24-9-1-2-10-24/h2-7,12H,8-11,13H2,1H3;3-8,11H,1-2,9-10,12-14H2. The van der Waals surface area contributed by atoms with Gasteiger partial charge in [0.15, 0.2) is 0 Å². The van der Waals surface area contributed by atoms with Crippen molar-refractivity contribution in [3.05, 3.63) is 141 Å². The minimum Gasteiger partial charge on any atom is -0.489 e. The lowest BCUT2D eigenvalue weighted by molar-refractivity contribution is -0.129. The topological polar surface area (TPSA) is 45.2 Å². The highest BCUT2D eigenvalue weighted by atomic mass is 19.1. The van der Waals surface area contributed by atoms with Crippen molar-refractivity contribution in [2.75, 3.05) is 66.1 Å². The Hall–Kier alpha value is -4.93. The number of carbonyl (C=O) groups excluding carboxylic acids is 1. The van der Waals surface area contributed by atoms with Crippen molar-refractivity contribution in [1.82, 2.24) is 14.7 Å². The Bertz CT molecular complexity index is 1980. The Morgan fingerprint density at radius 1 is 0.654 bits per heavy atom. The molecule has 4 aromatic carbocycles. The molecular formula is C42H41F4N3O3. The van der Waals surface area contributed by atoms with Crippen molar-refractivity contribution in [2.45, 2.75) is 19.5 Å². The molecule has 4 aromatic rings. The van der Waals surface area contributed by atoms with Crippen LogP contribution >= 0.6 is 0 Å². The Balaban J connectivity index is 0.000000162. The number of carbonyl (C=O) groups is 1. The van der Waals surface area contributed by atoms with Crippen molar-refractivity contribution in [2.24, 2.45) is 0 Å². The molecule has 0 saturated carbocycles. The molecule has 2 saturated heterocycles. The first-order valence-corrected chi connectivity index (χ1v) is 17.7. The molecule has 0 unspecified atom stereocenters. The van der Waals surface area contributed by atoms with Crippen LogP contribution in [0.15, 0.2) is 96.1 Å². The number of rotatable bonds is 6. The van der Waals surface area contributed by atoms with Gasteiger partial charge in [0.1, 0.15) is 48.8 Å². The van der Waals surface area contributed by atoms with E-state index in [0.29, 0.717) is 53.3 Å². The maximum Gasteiger partial charge on any atom is 0.253 e. The Morgan fingerprint density at radius 3 is 1.85 bits per heavy atom. The molecule has 6 nitrogen and oxygen atoms in total. The largest absolute Gasteiger partial charge is 0.489 e. The second-order valence-electron chi connectivity index (χ2n) is 13.6. The van der Waals surface area contributed by atoms with E-state index in [4.69, 9.17) is 9.47 Å².